The fourth-order valence-corrected chi connectivity index (χ4v) is 4.82. The van der Waals surface area contributed by atoms with Crippen molar-refractivity contribution >= 4 is 23.1 Å². The van der Waals surface area contributed by atoms with Gasteiger partial charge >= 0.3 is 6.16 Å². The molecule has 0 saturated carbocycles. The molecule has 11 heteroatoms. The summed E-state index contributed by atoms with van der Waals surface area (Å²) < 4.78 is 13.8. The molecule has 0 radical (unpaired) electrons. The first kappa shape index (κ1) is 22.9. The van der Waals surface area contributed by atoms with Gasteiger partial charge in [0, 0.05) is 22.7 Å². The molecule has 4 aromatic rings. The van der Waals surface area contributed by atoms with E-state index >= 15 is 0 Å². The highest BCUT2D eigenvalue weighted by molar-refractivity contribution is 5.82. The van der Waals surface area contributed by atoms with Gasteiger partial charge in [0.1, 0.15) is 17.1 Å². The number of benzene rings is 2. The van der Waals surface area contributed by atoms with Gasteiger partial charge in [-0.2, -0.15) is 15.0 Å². The minimum Gasteiger partial charge on any atom is -0.496 e. The Morgan fingerprint density at radius 1 is 1.11 bits per heavy atom. The van der Waals surface area contributed by atoms with Gasteiger partial charge in [-0.3, -0.25) is 14.4 Å². The maximum absolute atomic E-state index is 12.0. The second-order valence-electron chi connectivity index (χ2n) is 8.96. The number of hydrogen-bond donors (Lipinski definition) is 1. The van der Waals surface area contributed by atoms with Crippen molar-refractivity contribution in [2.45, 2.75) is 25.6 Å². The lowest BCUT2D eigenvalue weighted by Crippen LogP contribution is -2.45. The van der Waals surface area contributed by atoms with Crippen LogP contribution in [-0.4, -0.2) is 52.1 Å². The average molecular weight is 503 g/mol. The van der Waals surface area contributed by atoms with Crippen LogP contribution < -0.4 is 10.5 Å². The lowest BCUT2D eigenvalue weighted by atomic mass is 9.98. The fraction of sp³-hybridized carbons (Fsp3) is 0.269. The van der Waals surface area contributed by atoms with Crippen LogP contribution in [0.5, 0.6) is 5.75 Å². The van der Waals surface area contributed by atoms with E-state index in [0.29, 0.717) is 22.7 Å². The number of guanidine groups is 1. The molecule has 2 N–H and O–H groups in total. The first-order valence-electron chi connectivity index (χ1n) is 12.0. The third-order valence-corrected chi connectivity index (χ3v) is 6.57. The van der Waals surface area contributed by atoms with Crippen molar-refractivity contribution in [3.63, 3.8) is 0 Å². The van der Waals surface area contributed by atoms with Crippen molar-refractivity contribution in [2.24, 2.45) is 10.9 Å². The van der Waals surface area contributed by atoms with Crippen LogP contribution in [0.2, 0.25) is 0 Å². The van der Waals surface area contributed by atoms with Gasteiger partial charge in [-0.1, -0.05) is 18.2 Å². The van der Waals surface area contributed by atoms with E-state index in [1.807, 2.05) is 65.5 Å². The topological polar surface area (TPSA) is 121 Å². The third kappa shape index (κ3) is 4.45. The van der Waals surface area contributed by atoms with E-state index in [1.54, 1.807) is 7.11 Å². The maximum atomic E-state index is 12.0. The van der Waals surface area contributed by atoms with E-state index in [1.165, 1.54) is 12.8 Å². The monoisotopic (exact) mass is 502 g/mol. The van der Waals surface area contributed by atoms with Gasteiger partial charge in [-0.05, 0) is 67.5 Å². The van der Waals surface area contributed by atoms with Crippen molar-refractivity contribution in [1.82, 2.24) is 19.7 Å². The molecule has 1 fully saturated rings. The molecule has 190 valence electrons. The van der Waals surface area contributed by atoms with Crippen molar-refractivity contribution in [1.29, 1.82) is 0 Å². The highest BCUT2D eigenvalue weighted by Crippen LogP contribution is 2.40. The summed E-state index contributed by atoms with van der Waals surface area (Å²) in [5.41, 5.74) is 9.07. The van der Waals surface area contributed by atoms with E-state index in [9.17, 15) is 4.79 Å². The number of nitrogens with two attached hydrogens (primary N) is 1. The largest absolute Gasteiger partial charge is 0.560 e. The predicted molar refractivity (Wildman–Crippen MR) is 134 cm³/mol. The molecule has 1 unspecified atom stereocenters. The number of ether oxygens (including phenoxy) is 1. The number of carbonyl (C=O) groups is 1. The first-order valence-corrected chi connectivity index (χ1v) is 12.0. The Labute approximate surface area is 212 Å². The van der Waals surface area contributed by atoms with Crippen LogP contribution in [0.3, 0.4) is 0 Å². The number of hydrogen-bond acceptors (Lipinski definition) is 10. The minimum absolute atomic E-state index is 0.146. The zero-order chi connectivity index (χ0) is 25.4. The molecule has 0 amide bonds. The van der Waals surface area contributed by atoms with E-state index < -0.39 is 12.2 Å². The molecule has 6 rings (SSSR count). The van der Waals surface area contributed by atoms with Crippen molar-refractivity contribution in [3.8, 4) is 17.0 Å². The van der Waals surface area contributed by atoms with Crippen LogP contribution in [0.25, 0.3) is 22.2 Å². The molecule has 1 atom stereocenters. The molecule has 0 spiro atoms. The molecule has 2 aromatic heterocycles. The summed E-state index contributed by atoms with van der Waals surface area (Å²) in [6, 6.07) is 16.3. The molecule has 2 aromatic carbocycles. The molecule has 37 heavy (non-hydrogen) atoms. The molecular weight excluding hydrogens is 476 g/mol. The first-order chi connectivity index (χ1) is 18.1. The summed E-state index contributed by atoms with van der Waals surface area (Å²) in [5.74, 6) is 0.873. The number of fused-ring (bicyclic) bond motifs is 1. The number of rotatable bonds is 7. The number of methoxy groups -OCH3 is 1. The molecule has 11 nitrogen and oxygen atoms in total. The zero-order valence-corrected chi connectivity index (χ0v) is 20.2. The molecule has 4 heterocycles. The number of nitrogens with zero attached hydrogens (tertiary/aromatic N) is 5. The van der Waals surface area contributed by atoms with E-state index in [2.05, 4.69) is 14.9 Å². The Kier molecular flexibility index (Phi) is 5.89. The Hall–Kier alpha value is -4.51. The van der Waals surface area contributed by atoms with E-state index in [4.69, 9.17) is 24.8 Å². The molecule has 0 bridgehead atoms. The van der Waals surface area contributed by atoms with Gasteiger partial charge in [0.05, 0.1) is 19.5 Å². The fourth-order valence-electron chi connectivity index (χ4n) is 4.82. The van der Waals surface area contributed by atoms with Gasteiger partial charge in [0.2, 0.25) is 0 Å². The summed E-state index contributed by atoms with van der Waals surface area (Å²) in [4.78, 5) is 24.4. The number of furan rings is 1. The van der Waals surface area contributed by atoms with Crippen LogP contribution in [0.15, 0.2) is 70.4 Å². The molecule has 0 aliphatic carbocycles. The molecular formula is C26H26N6O5. The Bertz CT molecular complexity index is 1440. The second-order valence-corrected chi connectivity index (χ2v) is 8.96. The van der Waals surface area contributed by atoms with Crippen LogP contribution in [0, 0.1) is 0 Å². The van der Waals surface area contributed by atoms with Gasteiger partial charge in [-0.15, -0.1) is 0 Å². The van der Waals surface area contributed by atoms with Crippen LogP contribution in [0.1, 0.15) is 30.2 Å². The Morgan fingerprint density at radius 3 is 2.76 bits per heavy atom. The smallest absolute Gasteiger partial charge is 0.496 e. The van der Waals surface area contributed by atoms with Crippen LogP contribution in [0.4, 0.5) is 4.79 Å². The number of aromatic nitrogens is 2. The predicted octanol–water partition coefficient (Wildman–Crippen LogP) is 4.06. The highest BCUT2D eigenvalue weighted by atomic mass is 16.9. The lowest BCUT2D eigenvalue weighted by molar-refractivity contribution is -0.116. The van der Waals surface area contributed by atoms with Crippen LogP contribution >= 0.6 is 0 Å². The van der Waals surface area contributed by atoms with Gasteiger partial charge < -0.3 is 19.7 Å². The van der Waals surface area contributed by atoms with Crippen molar-refractivity contribution < 1.29 is 23.6 Å². The van der Waals surface area contributed by atoms with Crippen molar-refractivity contribution in [3.05, 3.63) is 72.1 Å². The highest BCUT2D eigenvalue weighted by Gasteiger charge is 2.37. The summed E-state index contributed by atoms with van der Waals surface area (Å²) >= 11 is 0. The number of oxime groups is 1. The normalized spacial score (nSPS) is 16.9. The lowest BCUT2D eigenvalue weighted by Gasteiger charge is -2.31. The standard InChI is InChI=1S/C26H26N6O5/c1-34-22-9-8-17(20-10-13-31(28-20)16-30-11-4-5-12-30)14-19(22)24(32-25(27)29-36-26(33)37-32)23-15-18-6-2-3-7-21(18)35-23/h2-3,6-10,13-15,24H,4-5,11-12,16H2,1H3,(H2,27,29). The number of likely N-dealkylation sites (tertiary alicyclic amines) is 1. The summed E-state index contributed by atoms with van der Waals surface area (Å²) in [6.07, 6.45) is 3.41. The Morgan fingerprint density at radius 2 is 1.95 bits per heavy atom. The van der Waals surface area contributed by atoms with E-state index in [-0.39, 0.29) is 5.96 Å². The van der Waals surface area contributed by atoms with E-state index in [0.717, 1.165) is 41.5 Å². The quantitative estimate of drug-likeness (QED) is 0.373. The Balaban J connectivity index is 1.43. The number of carbonyl (C=O) groups excluding carboxylic acids is 1. The average Bonchev–Trinajstić information content (AvgIpc) is 3.68. The molecule has 2 aliphatic heterocycles. The minimum atomic E-state index is -1.01. The molecule has 1 saturated heterocycles. The SMILES string of the molecule is COc1ccc(-c2ccn(CN3CCCC3)n2)cc1C(c1cc2ccccc2o1)N1OC(=O)ON=C1N. The summed E-state index contributed by atoms with van der Waals surface area (Å²) in [7, 11) is 1.57. The summed E-state index contributed by atoms with van der Waals surface area (Å²) in [5, 5.41) is 10.5. The maximum Gasteiger partial charge on any atom is 0.560 e. The van der Waals surface area contributed by atoms with Gasteiger partial charge in [0.15, 0.2) is 6.04 Å². The van der Waals surface area contributed by atoms with Gasteiger partial charge in [0.25, 0.3) is 5.96 Å². The second kappa shape index (κ2) is 9.51. The zero-order valence-electron chi connectivity index (χ0n) is 20.2. The number of hydroxylamine groups is 2. The van der Waals surface area contributed by atoms with Crippen molar-refractivity contribution in [2.75, 3.05) is 20.2 Å². The molecule has 2 aliphatic rings. The van der Waals surface area contributed by atoms with Gasteiger partial charge in [-0.25, -0.2) is 0 Å². The number of para-hydroxylation sites is 1. The summed E-state index contributed by atoms with van der Waals surface area (Å²) in [6.45, 7) is 2.92. The third-order valence-electron chi connectivity index (χ3n) is 6.57. The van der Waals surface area contributed by atoms with Crippen LogP contribution in [-0.2, 0) is 16.3 Å².